The molecule has 0 aliphatic carbocycles. The fourth-order valence-corrected chi connectivity index (χ4v) is 1.53. The van der Waals surface area contributed by atoms with Gasteiger partial charge in [0.1, 0.15) is 0 Å². The topological polar surface area (TPSA) is 40.1 Å². The Bertz CT molecular complexity index is 295. The summed E-state index contributed by atoms with van der Waals surface area (Å²) in [6, 6.07) is 7.03. The molecule has 1 unspecified atom stereocenters. The maximum absolute atomic E-state index is 10.6. The summed E-state index contributed by atoms with van der Waals surface area (Å²) < 4.78 is 21.1. The summed E-state index contributed by atoms with van der Waals surface area (Å²) in [5.41, 5.74) is 1.08. The Morgan fingerprint density at radius 3 is 2.47 bits per heavy atom. The van der Waals surface area contributed by atoms with E-state index in [1.165, 1.54) is 0 Å². The van der Waals surface area contributed by atoms with E-state index in [0.717, 1.165) is 18.4 Å². The van der Waals surface area contributed by atoms with Crippen molar-refractivity contribution in [2.75, 3.05) is 0 Å². The van der Waals surface area contributed by atoms with Gasteiger partial charge < -0.3 is 12.0 Å². The summed E-state index contributed by atoms with van der Waals surface area (Å²) in [5.74, 6) is 0. The summed E-state index contributed by atoms with van der Waals surface area (Å²) in [6.45, 7) is 2.07. The van der Waals surface area contributed by atoms with E-state index in [4.69, 9.17) is 0 Å². The molecular formula is C10H14O2RaSY-2. The first-order valence-electron chi connectivity index (χ1n) is 3.92. The van der Waals surface area contributed by atoms with Gasteiger partial charge in [0.15, 0.2) is 0 Å². The molecule has 0 aromatic heterocycles. The maximum Gasteiger partial charge on any atom is 0.0251 e. The summed E-state index contributed by atoms with van der Waals surface area (Å²) >= 11 is -2.09. The largest absolute Gasteiger partial charge is 0.768 e. The predicted octanol–water partition coefficient (Wildman–Crippen LogP) is 2.32. The molecule has 0 aliphatic rings. The molecule has 0 fully saturated rings. The zero-order chi connectivity index (χ0) is 8.97. The average molecular weight is 513 g/mol. The Balaban J connectivity index is -0.000000480. The molecule has 3 radical (unpaired) electrons. The predicted molar refractivity (Wildman–Crippen MR) is 54.0 cm³/mol. The van der Waals surface area contributed by atoms with Gasteiger partial charge in [-0.05, 0) is 35.2 Å². The molecule has 79 valence electrons. The molecule has 0 bridgehead atoms. The van der Waals surface area contributed by atoms with Gasteiger partial charge in [0, 0.05) is 82.6 Å². The Kier molecular flexibility index (Phi) is 18.2. The van der Waals surface area contributed by atoms with Gasteiger partial charge >= 0.3 is 0 Å². The van der Waals surface area contributed by atoms with Crippen molar-refractivity contribution < 1.29 is 86.5 Å². The first-order chi connectivity index (χ1) is 5.74. The number of benzene rings is 1. The smallest absolute Gasteiger partial charge is 0.0251 e. The van der Waals surface area contributed by atoms with Crippen LogP contribution in [0.25, 0.3) is 0 Å². The molecule has 0 saturated carbocycles. The monoisotopic (exact) mass is 513 g/mol. The molecule has 1 aromatic carbocycles. The fraction of sp³-hybridized carbons (Fsp3) is 0.300. The molecular weight excluding hydrogens is 499 g/mol. The molecule has 15 heavy (non-hydrogen) atoms. The molecule has 1 rings (SSSR count). The van der Waals surface area contributed by atoms with Gasteiger partial charge in [0.05, 0.1) is 0 Å². The third-order valence-electron chi connectivity index (χ3n) is 1.63. The van der Waals surface area contributed by atoms with E-state index in [1.54, 1.807) is 18.2 Å². The van der Waals surface area contributed by atoms with E-state index in [1.807, 2.05) is 6.07 Å². The van der Waals surface area contributed by atoms with Gasteiger partial charge in [-0.1, -0.05) is 25.5 Å². The van der Waals surface area contributed by atoms with E-state index in [0.29, 0.717) is 4.90 Å². The molecule has 0 spiro atoms. The van der Waals surface area contributed by atoms with E-state index >= 15 is 0 Å². The van der Waals surface area contributed by atoms with Crippen molar-refractivity contribution >= 4 is 11.1 Å². The Hall–Kier alpha value is 1.90. The van der Waals surface area contributed by atoms with Crippen molar-refractivity contribution in [2.24, 2.45) is 0 Å². The normalized spacial score (nSPS) is 10.3. The van der Waals surface area contributed by atoms with Crippen molar-refractivity contribution in [1.29, 1.82) is 0 Å². The molecule has 5 heteroatoms. The zero-order valence-corrected chi connectivity index (χ0v) is 18.7. The van der Waals surface area contributed by atoms with E-state index in [-0.39, 0.29) is 85.1 Å². The molecule has 0 N–H and O–H groups in total. The Morgan fingerprint density at radius 2 is 2.00 bits per heavy atom. The SMILES string of the molecule is CCCc1cccc(S(=O)[O-])c1.[CH3-].[Ra].[Y]. The average Bonchev–Trinajstić information content (AvgIpc) is 2.05. The second-order valence-electron chi connectivity index (χ2n) is 2.63. The van der Waals surface area contributed by atoms with Gasteiger partial charge in [-0.2, -0.15) is 0 Å². The van der Waals surface area contributed by atoms with Crippen LogP contribution in [0.5, 0.6) is 0 Å². The van der Waals surface area contributed by atoms with Crippen LogP contribution in [0.3, 0.4) is 0 Å². The van der Waals surface area contributed by atoms with Crippen LogP contribution in [0.2, 0.25) is 0 Å². The van der Waals surface area contributed by atoms with Gasteiger partial charge in [-0.25, -0.2) is 0 Å². The van der Waals surface area contributed by atoms with E-state index < -0.39 is 11.1 Å². The van der Waals surface area contributed by atoms with Crippen molar-refractivity contribution in [3.63, 3.8) is 0 Å². The van der Waals surface area contributed by atoms with Gasteiger partial charge in [0.25, 0.3) is 0 Å². The zero-order valence-electron chi connectivity index (χ0n) is 9.23. The minimum atomic E-state index is -2.09. The quantitative estimate of drug-likeness (QED) is 0.460. The molecule has 1 aromatic rings. The molecule has 0 heterocycles. The van der Waals surface area contributed by atoms with Gasteiger partial charge in [-0.3, -0.25) is 4.21 Å². The standard InChI is InChI=1S/C9H12O2S.CH3.Ra.Y/c1-2-4-8-5-3-6-9(7-8)12(10)11;;;/h3,5-7H,2,4H2,1H3,(H,10,11);1H3;;/q;-1;;/p-1. The third-order valence-corrected chi connectivity index (χ3v) is 2.27. The van der Waals surface area contributed by atoms with Crippen LogP contribution >= 0.6 is 0 Å². The summed E-state index contributed by atoms with van der Waals surface area (Å²) in [4.78, 5) is 0.376. The Morgan fingerprint density at radius 1 is 1.40 bits per heavy atom. The summed E-state index contributed by atoms with van der Waals surface area (Å²) in [7, 11) is 0. The molecule has 0 amide bonds. The van der Waals surface area contributed by atoms with Gasteiger partial charge in [0.2, 0.25) is 0 Å². The second-order valence-corrected chi connectivity index (χ2v) is 3.57. The number of aryl methyl sites for hydroxylation is 1. The number of hydrogen-bond donors (Lipinski definition) is 0. The van der Waals surface area contributed by atoms with Crippen LogP contribution in [-0.4, -0.2) is 8.76 Å². The maximum atomic E-state index is 10.6. The van der Waals surface area contributed by atoms with Crippen molar-refractivity contribution in [2.45, 2.75) is 24.7 Å². The molecule has 0 saturated heterocycles. The molecule has 0 aliphatic heterocycles. The number of rotatable bonds is 3. The number of hydrogen-bond acceptors (Lipinski definition) is 2. The van der Waals surface area contributed by atoms with Crippen LogP contribution in [0.1, 0.15) is 18.9 Å². The summed E-state index contributed by atoms with van der Waals surface area (Å²) in [5, 5.41) is 0. The van der Waals surface area contributed by atoms with Crippen LogP contribution < -0.4 is 0 Å². The van der Waals surface area contributed by atoms with Crippen molar-refractivity contribution in [3.8, 4) is 0 Å². The van der Waals surface area contributed by atoms with E-state index in [9.17, 15) is 8.76 Å². The minimum absolute atomic E-state index is 0. The Labute approximate surface area is 157 Å². The minimum Gasteiger partial charge on any atom is -0.768 e. The second kappa shape index (κ2) is 12.4. The fourth-order valence-electron chi connectivity index (χ4n) is 1.09. The van der Waals surface area contributed by atoms with Crippen LogP contribution in [0.15, 0.2) is 29.2 Å². The third kappa shape index (κ3) is 8.60. The first-order valence-corrected chi connectivity index (χ1v) is 4.99. The van der Waals surface area contributed by atoms with Crippen molar-refractivity contribution in [3.05, 3.63) is 37.3 Å². The van der Waals surface area contributed by atoms with Crippen LogP contribution in [0, 0.1) is 52.4 Å². The first kappa shape index (κ1) is 22.1. The van der Waals surface area contributed by atoms with Gasteiger partial charge in [-0.15, -0.1) is 0 Å². The van der Waals surface area contributed by atoms with Crippen LogP contribution in [0.4, 0.5) is 0 Å². The molecule has 1 atom stereocenters. The summed E-state index contributed by atoms with van der Waals surface area (Å²) in [6.07, 6.45) is 1.97. The van der Waals surface area contributed by atoms with Crippen molar-refractivity contribution in [1.82, 2.24) is 0 Å². The van der Waals surface area contributed by atoms with Crippen LogP contribution in [-0.2, 0) is 50.2 Å². The molecule has 2 nitrogen and oxygen atoms in total. The van der Waals surface area contributed by atoms with E-state index in [2.05, 4.69) is 6.92 Å².